The summed E-state index contributed by atoms with van der Waals surface area (Å²) in [4.78, 5) is 0.192. The van der Waals surface area contributed by atoms with Crippen LogP contribution in [0.15, 0.2) is 23.1 Å². The van der Waals surface area contributed by atoms with Gasteiger partial charge in [0.05, 0.1) is 0 Å². The highest BCUT2D eigenvalue weighted by atomic mass is 32.2. The van der Waals surface area contributed by atoms with Crippen LogP contribution in [0.5, 0.6) is 0 Å². The van der Waals surface area contributed by atoms with E-state index in [1.165, 1.54) is 6.07 Å². The second kappa shape index (κ2) is 6.02. The molecule has 0 radical (unpaired) electrons. The Morgan fingerprint density at radius 3 is 2.47 bits per heavy atom. The molecule has 0 aliphatic carbocycles. The van der Waals surface area contributed by atoms with Gasteiger partial charge >= 0.3 is 5.51 Å². The van der Waals surface area contributed by atoms with Gasteiger partial charge in [0.2, 0.25) is 0 Å². The molecule has 0 fully saturated rings. The molecule has 1 aromatic rings. The summed E-state index contributed by atoms with van der Waals surface area (Å²) in [5, 5.41) is 0. The van der Waals surface area contributed by atoms with Crippen LogP contribution >= 0.6 is 11.8 Å². The van der Waals surface area contributed by atoms with Gasteiger partial charge in [0, 0.05) is 16.9 Å². The van der Waals surface area contributed by atoms with Crippen molar-refractivity contribution in [3.63, 3.8) is 0 Å². The van der Waals surface area contributed by atoms with Crippen molar-refractivity contribution in [1.82, 2.24) is 0 Å². The lowest BCUT2D eigenvalue weighted by molar-refractivity contribution is -0.0328. The fourth-order valence-corrected chi connectivity index (χ4v) is 2.08. The second-order valence-electron chi connectivity index (χ2n) is 3.35. The summed E-state index contributed by atoms with van der Waals surface area (Å²) in [6.07, 6.45) is 1.31. The van der Waals surface area contributed by atoms with Crippen molar-refractivity contribution in [2.45, 2.75) is 37.1 Å². The van der Waals surface area contributed by atoms with E-state index < -0.39 is 5.51 Å². The molecular weight excluding hydrogens is 245 g/mol. The van der Waals surface area contributed by atoms with Gasteiger partial charge in [-0.3, -0.25) is 0 Å². The van der Waals surface area contributed by atoms with E-state index in [1.54, 1.807) is 6.07 Å². The molecule has 0 atom stereocenters. The van der Waals surface area contributed by atoms with Crippen molar-refractivity contribution >= 4 is 11.8 Å². The molecule has 0 saturated carbocycles. The predicted octanol–water partition coefficient (Wildman–Crippen LogP) is 4.62. The molecule has 0 aliphatic heterocycles. The molecule has 0 spiro atoms. The summed E-state index contributed by atoms with van der Waals surface area (Å²) in [7, 11) is 0. The van der Waals surface area contributed by atoms with Crippen molar-refractivity contribution in [1.29, 1.82) is 0 Å². The first-order valence-electron chi connectivity index (χ1n) is 5.34. The van der Waals surface area contributed by atoms with Crippen molar-refractivity contribution in [2.75, 3.05) is 0 Å². The Labute approximate surface area is 104 Å². The molecule has 0 nitrogen and oxygen atoms in total. The van der Waals surface area contributed by atoms with Gasteiger partial charge in [-0.25, -0.2) is 0 Å². The van der Waals surface area contributed by atoms with Crippen molar-refractivity contribution in [3.8, 4) is 11.8 Å². The number of hydrogen-bond acceptors (Lipinski definition) is 1. The van der Waals surface area contributed by atoms with Crippen LogP contribution in [0.4, 0.5) is 13.2 Å². The average molecular weight is 258 g/mol. The Morgan fingerprint density at radius 1 is 1.24 bits per heavy atom. The Morgan fingerprint density at radius 2 is 1.94 bits per heavy atom. The van der Waals surface area contributed by atoms with Gasteiger partial charge in [0.25, 0.3) is 0 Å². The molecule has 0 unspecified atom stereocenters. The number of thioether (sulfide) groups is 1. The van der Waals surface area contributed by atoms with E-state index in [4.69, 9.17) is 0 Å². The number of alkyl halides is 3. The molecule has 0 saturated heterocycles. The fourth-order valence-electron chi connectivity index (χ4n) is 1.40. The standard InChI is InChI=1S/C13H13F3S/c1-3-5-8-11-10(4-2)7-6-9-12(11)17-13(14,15)16/h6-7,9H,3-4H2,1-2H3. The summed E-state index contributed by atoms with van der Waals surface area (Å²) in [6.45, 7) is 3.78. The maximum absolute atomic E-state index is 12.4. The van der Waals surface area contributed by atoms with E-state index in [0.29, 0.717) is 18.4 Å². The van der Waals surface area contributed by atoms with Crippen LogP contribution in [0.1, 0.15) is 31.4 Å². The van der Waals surface area contributed by atoms with E-state index in [1.807, 2.05) is 19.9 Å². The largest absolute Gasteiger partial charge is 0.446 e. The third kappa shape index (κ3) is 4.35. The zero-order valence-electron chi connectivity index (χ0n) is 9.69. The third-order valence-corrected chi connectivity index (χ3v) is 2.90. The van der Waals surface area contributed by atoms with Gasteiger partial charge in [0.1, 0.15) is 0 Å². The second-order valence-corrected chi connectivity index (χ2v) is 4.45. The number of aryl methyl sites for hydroxylation is 1. The predicted molar refractivity (Wildman–Crippen MR) is 64.9 cm³/mol. The highest BCUT2D eigenvalue weighted by Crippen LogP contribution is 2.39. The van der Waals surface area contributed by atoms with Crippen LogP contribution in [-0.2, 0) is 6.42 Å². The van der Waals surface area contributed by atoms with Crippen LogP contribution in [-0.4, -0.2) is 5.51 Å². The molecule has 0 bridgehead atoms. The summed E-state index contributed by atoms with van der Waals surface area (Å²) in [5.41, 5.74) is -2.89. The van der Waals surface area contributed by atoms with Crippen LogP contribution in [0.2, 0.25) is 0 Å². The lowest BCUT2D eigenvalue weighted by atomic mass is 10.1. The first-order chi connectivity index (χ1) is 7.98. The summed E-state index contributed by atoms with van der Waals surface area (Å²) in [5.74, 6) is 5.67. The molecule has 17 heavy (non-hydrogen) atoms. The normalized spacial score (nSPS) is 10.9. The minimum Gasteiger partial charge on any atom is -0.160 e. The Hall–Kier alpha value is -1.08. The summed E-state index contributed by atoms with van der Waals surface area (Å²) < 4.78 is 37.2. The van der Waals surface area contributed by atoms with E-state index in [9.17, 15) is 13.2 Å². The van der Waals surface area contributed by atoms with Crippen LogP contribution in [0.25, 0.3) is 0 Å². The Balaban J connectivity index is 3.19. The number of halogens is 3. The topological polar surface area (TPSA) is 0 Å². The maximum atomic E-state index is 12.4. The minimum absolute atomic E-state index is 0.0952. The van der Waals surface area contributed by atoms with Gasteiger partial charge in [-0.2, -0.15) is 13.2 Å². The molecule has 1 rings (SSSR count). The van der Waals surface area contributed by atoms with Crippen LogP contribution in [0.3, 0.4) is 0 Å². The minimum atomic E-state index is -4.27. The maximum Gasteiger partial charge on any atom is 0.446 e. The van der Waals surface area contributed by atoms with Crippen LogP contribution in [0, 0.1) is 11.8 Å². The molecule has 0 aliphatic rings. The molecule has 0 amide bonds. The van der Waals surface area contributed by atoms with Gasteiger partial charge < -0.3 is 0 Å². The lowest BCUT2D eigenvalue weighted by Gasteiger charge is -2.10. The SMILES string of the molecule is CCC#Cc1c(CC)cccc1SC(F)(F)F. The monoisotopic (exact) mass is 258 g/mol. The first-order valence-corrected chi connectivity index (χ1v) is 6.16. The molecule has 0 heterocycles. The summed E-state index contributed by atoms with van der Waals surface area (Å²) in [6, 6.07) is 4.93. The van der Waals surface area contributed by atoms with Gasteiger partial charge in [-0.15, -0.1) is 0 Å². The van der Waals surface area contributed by atoms with E-state index >= 15 is 0 Å². The molecular formula is C13H13F3S. The number of hydrogen-bond donors (Lipinski definition) is 0. The smallest absolute Gasteiger partial charge is 0.160 e. The Kier molecular flexibility index (Phi) is 4.95. The summed E-state index contributed by atoms with van der Waals surface area (Å²) >= 11 is -0.0952. The lowest BCUT2D eigenvalue weighted by Crippen LogP contribution is -2.01. The first kappa shape index (κ1) is 14.0. The quantitative estimate of drug-likeness (QED) is 0.551. The third-order valence-electron chi connectivity index (χ3n) is 2.11. The van der Waals surface area contributed by atoms with E-state index in [0.717, 1.165) is 5.56 Å². The number of rotatable bonds is 2. The van der Waals surface area contributed by atoms with Crippen molar-refractivity contribution in [3.05, 3.63) is 29.3 Å². The molecule has 0 N–H and O–H groups in total. The zero-order chi connectivity index (χ0) is 12.9. The van der Waals surface area contributed by atoms with Gasteiger partial charge in [0.15, 0.2) is 0 Å². The van der Waals surface area contributed by atoms with E-state index in [2.05, 4.69) is 11.8 Å². The van der Waals surface area contributed by atoms with Crippen molar-refractivity contribution < 1.29 is 13.2 Å². The highest BCUT2D eigenvalue weighted by molar-refractivity contribution is 8.00. The van der Waals surface area contributed by atoms with Gasteiger partial charge in [-0.1, -0.05) is 37.8 Å². The molecule has 4 heteroatoms. The van der Waals surface area contributed by atoms with Crippen molar-refractivity contribution in [2.24, 2.45) is 0 Å². The zero-order valence-corrected chi connectivity index (χ0v) is 10.5. The average Bonchev–Trinajstić information content (AvgIpc) is 2.25. The fraction of sp³-hybridized carbons (Fsp3) is 0.385. The molecule has 1 aromatic carbocycles. The van der Waals surface area contributed by atoms with E-state index in [-0.39, 0.29) is 16.7 Å². The van der Waals surface area contributed by atoms with Gasteiger partial charge in [-0.05, 0) is 29.8 Å². The van der Waals surface area contributed by atoms with Crippen LogP contribution < -0.4 is 0 Å². The molecule has 0 aromatic heterocycles. The highest BCUT2D eigenvalue weighted by Gasteiger charge is 2.30. The number of benzene rings is 1. The molecule has 92 valence electrons. The Bertz CT molecular complexity index is 438.